The lowest BCUT2D eigenvalue weighted by molar-refractivity contribution is -0.150. The number of aryl methyl sites for hydroxylation is 1. The number of imide groups is 1. The molecule has 0 N–H and O–H groups in total. The number of hydrogen-bond donors (Lipinski definition) is 0. The van der Waals surface area contributed by atoms with Crippen LogP contribution in [0.4, 0.5) is 0 Å². The summed E-state index contributed by atoms with van der Waals surface area (Å²) < 4.78 is 12.7. The number of hydrogen-bond acceptors (Lipinski definition) is 6. The number of nitrogens with zero attached hydrogens (tertiary/aromatic N) is 3. The highest BCUT2D eigenvalue weighted by Gasteiger charge is 2.59. The Morgan fingerprint density at radius 3 is 2.34 bits per heavy atom. The van der Waals surface area contributed by atoms with E-state index in [9.17, 15) is 14.4 Å². The van der Waals surface area contributed by atoms with Crippen LogP contribution in [0.1, 0.15) is 37.2 Å². The average Bonchev–Trinajstić information content (AvgIpc) is 3.57. The Hall–Kier alpha value is -3.68. The smallest absolute Gasteiger partial charge is 0.347 e. The van der Waals surface area contributed by atoms with Crippen molar-refractivity contribution < 1.29 is 23.9 Å². The standard InChI is InChI=1S/C27H29N3O5/c1-5-34-27(33)17(4)35-22-10-8-21(9-11-22)29-15(2)12-20(16(29)3)14-28-30-25(31)23-18-6-7-19(13-18)24(23)26(30)32/h6-12,14,17-19,23-24H,5,13H2,1-4H3. The fraction of sp³-hybridized carbons (Fsp3) is 0.407. The maximum atomic E-state index is 12.9. The zero-order valence-electron chi connectivity index (χ0n) is 20.3. The molecular weight excluding hydrogens is 446 g/mol. The fourth-order valence-electron chi connectivity index (χ4n) is 5.62. The van der Waals surface area contributed by atoms with Gasteiger partial charge < -0.3 is 14.0 Å². The molecule has 1 aromatic carbocycles. The first kappa shape index (κ1) is 23.1. The number of hydrazone groups is 1. The van der Waals surface area contributed by atoms with Gasteiger partial charge in [0.2, 0.25) is 0 Å². The highest BCUT2D eigenvalue weighted by Crippen LogP contribution is 2.52. The van der Waals surface area contributed by atoms with Gasteiger partial charge in [-0.15, -0.1) is 0 Å². The second kappa shape index (κ2) is 8.83. The molecule has 2 amide bonds. The second-order valence-corrected chi connectivity index (χ2v) is 9.40. The van der Waals surface area contributed by atoms with Gasteiger partial charge in [-0.2, -0.15) is 10.1 Å². The van der Waals surface area contributed by atoms with E-state index in [1.807, 2.05) is 32.0 Å². The molecule has 182 valence electrons. The molecule has 2 aliphatic carbocycles. The number of carbonyl (C=O) groups is 3. The Bertz CT molecular complexity index is 1210. The maximum absolute atomic E-state index is 12.9. The minimum Gasteiger partial charge on any atom is -0.479 e. The van der Waals surface area contributed by atoms with Crippen LogP contribution in [0.2, 0.25) is 0 Å². The summed E-state index contributed by atoms with van der Waals surface area (Å²) >= 11 is 0. The first-order valence-corrected chi connectivity index (χ1v) is 12.0. The van der Waals surface area contributed by atoms with E-state index in [1.165, 1.54) is 0 Å². The van der Waals surface area contributed by atoms with Crippen LogP contribution >= 0.6 is 0 Å². The monoisotopic (exact) mass is 475 g/mol. The van der Waals surface area contributed by atoms with Crippen LogP contribution in [0.3, 0.4) is 0 Å². The third-order valence-corrected chi connectivity index (χ3v) is 7.26. The topological polar surface area (TPSA) is 90.2 Å². The Balaban J connectivity index is 1.32. The number of benzene rings is 1. The van der Waals surface area contributed by atoms with E-state index in [4.69, 9.17) is 9.47 Å². The van der Waals surface area contributed by atoms with Crippen LogP contribution in [0.5, 0.6) is 5.75 Å². The van der Waals surface area contributed by atoms with Crippen molar-refractivity contribution in [3.63, 3.8) is 0 Å². The van der Waals surface area contributed by atoms with E-state index >= 15 is 0 Å². The Morgan fingerprint density at radius 2 is 1.74 bits per heavy atom. The molecule has 8 nitrogen and oxygen atoms in total. The second-order valence-electron chi connectivity index (χ2n) is 9.40. The fourth-order valence-corrected chi connectivity index (χ4v) is 5.62. The van der Waals surface area contributed by atoms with Crippen molar-refractivity contribution >= 4 is 24.0 Å². The molecular formula is C27H29N3O5. The van der Waals surface area contributed by atoms with Gasteiger partial charge in [0.1, 0.15) is 5.75 Å². The van der Waals surface area contributed by atoms with Crippen molar-refractivity contribution in [3.05, 3.63) is 59.4 Å². The molecule has 5 rings (SSSR count). The van der Waals surface area contributed by atoms with E-state index in [1.54, 1.807) is 32.2 Å². The molecule has 0 spiro atoms. The van der Waals surface area contributed by atoms with Crippen LogP contribution in [0, 0.1) is 37.5 Å². The minimum atomic E-state index is -0.694. The summed E-state index contributed by atoms with van der Waals surface area (Å²) in [5.74, 6) is -0.385. The molecule has 0 radical (unpaired) electrons. The first-order valence-electron chi connectivity index (χ1n) is 12.0. The van der Waals surface area contributed by atoms with Gasteiger partial charge in [0.15, 0.2) is 6.10 Å². The molecule has 2 fully saturated rings. The van der Waals surface area contributed by atoms with Crippen molar-refractivity contribution in [2.45, 2.75) is 40.2 Å². The summed E-state index contributed by atoms with van der Waals surface area (Å²) in [6.45, 7) is 7.67. The number of carbonyl (C=O) groups excluding carboxylic acids is 3. The number of rotatable bonds is 7. The molecule has 35 heavy (non-hydrogen) atoms. The highest BCUT2D eigenvalue weighted by molar-refractivity contribution is 6.06. The van der Waals surface area contributed by atoms with Crippen molar-refractivity contribution in [2.75, 3.05) is 6.61 Å². The molecule has 1 saturated carbocycles. The van der Waals surface area contributed by atoms with E-state index < -0.39 is 12.1 Å². The molecule has 2 bridgehead atoms. The molecule has 1 saturated heterocycles. The number of ether oxygens (including phenoxy) is 2. The lowest BCUT2D eigenvalue weighted by atomic mass is 9.85. The number of fused-ring (bicyclic) bond motifs is 5. The van der Waals surface area contributed by atoms with Crippen molar-refractivity contribution in [1.29, 1.82) is 0 Å². The SMILES string of the molecule is CCOC(=O)C(C)Oc1ccc(-n2c(C)cc(C=NN3C(=O)C4C5C=CC(C5)C4C3=O)c2C)cc1. The van der Waals surface area contributed by atoms with Gasteiger partial charge in [-0.1, -0.05) is 12.2 Å². The van der Waals surface area contributed by atoms with Gasteiger partial charge in [0, 0.05) is 22.6 Å². The van der Waals surface area contributed by atoms with E-state index in [0.29, 0.717) is 12.4 Å². The highest BCUT2D eigenvalue weighted by atomic mass is 16.6. The summed E-state index contributed by atoms with van der Waals surface area (Å²) in [6.07, 6.45) is 5.96. The molecule has 3 aliphatic rings. The minimum absolute atomic E-state index is 0.166. The summed E-state index contributed by atoms with van der Waals surface area (Å²) in [4.78, 5) is 37.6. The van der Waals surface area contributed by atoms with Gasteiger partial charge in [-0.05, 0) is 76.3 Å². The predicted molar refractivity (Wildman–Crippen MR) is 129 cm³/mol. The Kier molecular flexibility index (Phi) is 5.83. The number of allylic oxidation sites excluding steroid dienone is 2. The summed E-state index contributed by atoms with van der Waals surface area (Å²) in [5, 5.41) is 5.40. The third kappa shape index (κ3) is 3.87. The average molecular weight is 476 g/mol. The molecule has 5 atom stereocenters. The lowest BCUT2D eigenvalue weighted by Crippen LogP contribution is -2.28. The van der Waals surface area contributed by atoms with Gasteiger partial charge >= 0.3 is 5.97 Å². The van der Waals surface area contributed by atoms with Crippen LogP contribution in [-0.2, 0) is 19.1 Å². The van der Waals surface area contributed by atoms with Gasteiger partial charge in [0.25, 0.3) is 11.8 Å². The Labute approximate surface area is 204 Å². The van der Waals surface area contributed by atoms with Crippen LogP contribution in [0.25, 0.3) is 5.69 Å². The molecule has 1 aliphatic heterocycles. The van der Waals surface area contributed by atoms with Gasteiger partial charge in [0.05, 0.1) is 24.7 Å². The van der Waals surface area contributed by atoms with Crippen LogP contribution in [-0.4, -0.2) is 46.3 Å². The van der Waals surface area contributed by atoms with E-state index in [2.05, 4.69) is 21.8 Å². The zero-order chi connectivity index (χ0) is 24.9. The normalized spacial score (nSPS) is 25.5. The quantitative estimate of drug-likeness (QED) is 0.264. The number of aromatic nitrogens is 1. The molecule has 8 heteroatoms. The first-order chi connectivity index (χ1) is 16.8. The van der Waals surface area contributed by atoms with Crippen molar-refractivity contribution in [1.82, 2.24) is 9.58 Å². The van der Waals surface area contributed by atoms with E-state index in [-0.39, 0.29) is 35.5 Å². The summed E-state index contributed by atoms with van der Waals surface area (Å²) in [6, 6.07) is 9.40. The van der Waals surface area contributed by atoms with Crippen LogP contribution < -0.4 is 4.74 Å². The largest absolute Gasteiger partial charge is 0.479 e. The Morgan fingerprint density at radius 1 is 1.11 bits per heavy atom. The van der Waals surface area contributed by atoms with Crippen molar-refractivity contribution in [3.8, 4) is 11.4 Å². The third-order valence-electron chi connectivity index (χ3n) is 7.26. The van der Waals surface area contributed by atoms with Crippen molar-refractivity contribution in [2.24, 2.45) is 28.8 Å². The van der Waals surface area contributed by atoms with Crippen LogP contribution in [0.15, 0.2) is 47.6 Å². The van der Waals surface area contributed by atoms with E-state index in [0.717, 1.165) is 34.1 Å². The summed E-state index contributed by atoms with van der Waals surface area (Å²) in [5.41, 5.74) is 3.66. The zero-order valence-corrected chi connectivity index (χ0v) is 20.3. The maximum Gasteiger partial charge on any atom is 0.347 e. The molecule has 1 aromatic heterocycles. The predicted octanol–water partition coefficient (Wildman–Crippen LogP) is 3.57. The number of amides is 2. The van der Waals surface area contributed by atoms with Gasteiger partial charge in [-0.25, -0.2) is 4.79 Å². The molecule has 5 unspecified atom stereocenters. The number of esters is 1. The lowest BCUT2D eigenvalue weighted by Gasteiger charge is -2.15. The molecule has 2 heterocycles. The molecule has 2 aromatic rings. The summed E-state index contributed by atoms with van der Waals surface area (Å²) in [7, 11) is 0. The van der Waals surface area contributed by atoms with Gasteiger partial charge in [-0.3, -0.25) is 9.59 Å².